The van der Waals surface area contributed by atoms with Gasteiger partial charge in [-0.05, 0) is 48.5 Å². The van der Waals surface area contributed by atoms with Crippen LogP contribution in [0.3, 0.4) is 0 Å². The van der Waals surface area contributed by atoms with Crippen LogP contribution >= 0.6 is 11.6 Å². The molecule has 0 amide bonds. The molecule has 0 unspecified atom stereocenters. The van der Waals surface area contributed by atoms with Crippen molar-refractivity contribution in [2.24, 2.45) is 0 Å². The minimum absolute atomic E-state index is 0.166. The van der Waals surface area contributed by atoms with Crippen LogP contribution in [0.1, 0.15) is 16.2 Å². The number of para-hydroxylation sites is 1. The Morgan fingerprint density at radius 3 is 2.62 bits per heavy atom. The zero-order valence-corrected chi connectivity index (χ0v) is 15.7. The number of hydrogen-bond acceptors (Lipinski definition) is 7. The van der Waals surface area contributed by atoms with E-state index in [0.717, 1.165) is 5.56 Å². The number of esters is 1. The summed E-state index contributed by atoms with van der Waals surface area (Å²) in [5, 5.41) is 8.47. The van der Waals surface area contributed by atoms with E-state index in [0.29, 0.717) is 22.4 Å². The van der Waals surface area contributed by atoms with Gasteiger partial charge in [0.1, 0.15) is 17.1 Å². The van der Waals surface area contributed by atoms with Crippen molar-refractivity contribution in [3.8, 4) is 23.0 Å². The van der Waals surface area contributed by atoms with Crippen LogP contribution in [-0.4, -0.2) is 21.2 Å². The molecule has 29 heavy (non-hydrogen) atoms. The fraction of sp³-hybridized carbons (Fsp3) is 0.0476. The van der Waals surface area contributed by atoms with Crippen LogP contribution in [0, 0.1) is 0 Å². The predicted octanol–water partition coefficient (Wildman–Crippen LogP) is 4.93. The summed E-state index contributed by atoms with van der Waals surface area (Å²) in [7, 11) is 0. The Balaban J connectivity index is 1.43. The summed E-state index contributed by atoms with van der Waals surface area (Å²) in [5.41, 5.74) is 0.989. The molecule has 0 bridgehead atoms. The molecule has 0 saturated heterocycles. The van der Waals surface area contributed by atoms with Crippen LogP contribution in [-0.2, 0) is 11.3 Å². The molecule has 0 aliphatic heterocycles. The van der Waals surface area contributed by atoms with Gasteiger partial charge in [0.25, 0.3) is 5.89 Å². The molecule has 4 aromatic rings. The van der Waals surface area contributed by atoms with Crippen LogP contribution in [0.5, 0.6) is 11.5 Å². The van der Waals surface area contributed by atoms with Gasteiger partial charge in [-0.25, -0.2) is 4.79 Å². The topological polar surface area (TPSA) is 87.3 Å². The SMILES string of the molecule is O=C(OCc1nnc(-c2ccc(Cl)cc2)o1)c1ccccc1Oc1cccnc1. The van der Waals surface area contributed by atoms with Gasteiger partial charge >= 0.3 is 5.97 Å². The Morgan fingerprint density at radius 1 is 1.00 bits per heavy atom. The minimum Gasteiger partial charge on any atom is -0.455 e. The number of halogens is 1. The molecule has 8 heteroatoms. The first kappa shape index (κ1) is 18.6. The van der Waals surface area contributed by atoms with E-state index in [9.17, 15) is 4.79 Å². The minimum atomic E-state index is -0.573. The van der Waals surface area contributed by atoms with E-state index in [1.165, 1.54) is 0 Å². The van der Waals surface area contributed by atoms with Gasteiger partial charge in [0.2, 0.25) is 5.89 Å². The molecule has 0 saturated carbocycles. The van der Waals surface area contributed by atoms with Crippen LogP contribution in [0.25, 0.3) is 11.5 Å². The quantitative estimate of drug-likeness (QED) is 0.418. The summed E-state index contributed by atoms with van der Waals surface area (Å²) in [6.07, 6.45) is 3.19. The average Bonchev–Trinajstić information content (AvgIpc) is 3.23. The second kappa shape index (κ2) is 8.53. The highest BCUT2D eigenvalue weighted by Gasteiger charge is 2.16. The van der Waals surface area contributed by atoms with Crippen molar-refractivity contribution in [1.82, 2.24) is 15.2 Å². The fourth-order valence-electron chi connectivity index (χ4n) is 2.48. The molecule has 0 atom stereocenters. The highest BCUT2D eigenvalue weighted by molar-refractivity contribution is 6.30. The number of nitrogens with zero attached hydrogens (tertiary/aromatic N) is 3. The number of carbonyl (C=O) groups excluding carboxylic acids is 1. The molecule has 2 aromatic carbocycles. The van der Waals surface area contributed by atoms with Crippen LogP contribution < -0.4 is 4.74 Å². The molecule has 4 rings (SSSR count). The zero-order chi connectivity index (χ0) is 20.1. The number of rotatable bonds is 6. The molecule has 0 spiro atoms. The number of ether oxygens (including phenoxy) is 2. The lowest BCUT2D eigenvalue weighted by Gasteiger charge is -2.09. The largest absolute Gasteiger partial charge is 0.455 e. The van der Waals surface area contributed by atoms with Gasteiger partial charge in [0.15, 0.2) is 6.61 Å². The first-order chi connectivity index (χ1) is 14.2. The van der Waals surface area contributed by atoms with E-state index in [1.54, 1.807) is 73.1 Å². The van der Waals surface area contributed by atoms with E-state index < -0.39 is 5.97 Å². The molecule has 0 N–H and O–H groups in total. The summed E-state index contributed by atoms with van der Waals surface area (Å²) in [6, 6.07) is 17.2. The van der Waals surface area contributed by atoms with Crippen molar-refractivity contribution in [3.05, 3.63) is 89.5 Å². The summed E-state index contributed by atoms with van der Waals surface area (Å²) < 4.78 is 16.6. The molecule has 2 aromatic heterocycles. The van der Waals surface area contributed by atoms with Crippen LogP contribution in [0.2, 0.25) is 5.02 Å². The maximum atomic E-state index is 12.5. The van der Waals surface area contributed by atoms with Gasteiger partial charge in [0, 0.05) is 16.8 Å². The molecule has 7 nitrogen and oxygen atoms in total. The van der Waals surface area contributed by atoms with Gasteiger partial charge in [-0.15, -0.1) is 10.2 Å². The van der Waals surface area contributed by atoms with Gasteiger partial charge in [-0.2, -0.15) is 0 Å². The Labute approximate surface area is 170 Å². The highest BCUT2D eigenvalue weighted by atomic mass is 35.5. The van der Waals surface area contributed by atoms with Crippen LogP contribution in [0.15, 0.2) is 77.5 Å². The molecule has 0 aliphatic carbocycles. The van der Waals surface area contributed by atoms with E-state index in [1.807, 2.05) is 0 Å². The number of pyridine rings is 1. The summed E-state index contributed by atoms with van der Waals surface area (Å²) >= 11 is 5.87. The van der Waals surface area contributed by atoms with E-state index >= 15 is 0 Å². The summed E-state index contributed by atoms with van der Waals surface area (Å²) in [5.74, 6) is 0.785. The lowest BCUT2D eigenvalue weighted by atomic mass is 10.2. The van der Waals surface area contributed by atoms with Gasteiger partial charge < -0.3 is 13.9 Å². The van der Waals surface area contributed by atoms with Crippen molar-refractivity contribution < 1.29 is 18.7 Å². The first-order valence-electron chi connectivity index (χ1n) is 8.61. The summed E-state index contributed by atoms with van der Waals surface area (Å²) in [6.45, 7) is -0.166. The number of carbonyl (C=O) groups is 1. The number of aromatic nitrogens is 3. The van der Waals surface area contributed by atoms with Gasteiger partial charge in [0.05, 0.1) is 6.20 Å². The van der Waals surface area contributed by atoms with Crippen molar-refractivity contribution in [3.63, 3.8) is 0 Å². The predicted molar refractivity (Wildman–Crippen MR) is 105 cm³/mol. The zero-order valence-electron chi connectivity index (χ0n) is 15.0. The maximum absolute atomic E-state index is 12.5. The molecule has 144 valence electrons. The Morgan fingerprint density at radius 2 is 1.83 bits per heavy atom. The second-order valence-electron chi connectivity index (χ2n) is 5.87. The lowest BCUT2D eigenvalue weighted by molar-refractivity contribution is 0.0436. The van der Waals surface area contributed by atoms with E-state index in [2.05, 4.69) is 15.2 Å². The van der Waals surface area contributed by atoms with Crippen molar-refractivity contribution in [2.75, 3.05) is 0 Å². The normalized spacial score (nSPS) is 10.5. The maximum Gasteiger partial charge on any atom is 0.342 e. The smallest absolute Gasteiger partial charge is 0.342 e. The fourth-order valence-corrected chi connectivity index (χ4v) is 2.61. The average molecular weight is 408 g/mol. The van der Waals surface area contributed by atoms with Gasteiger partial charge in [-0.1, -0.05) is 23.7 Å². The molecule has 0 fully saturated rings. The monoisotopic (exact) mass is 407 g/mol. The van der Waals surface area contributed by atoms with E-state index in [-0.39, 0.29) is 18.1 Å². The molecule has 2 heterocycles. The van der Waals surface area contributed by atoms with Crippen molar-refractivity contribution in [1.29, 1.82) is 0 Å². The molecular weight excluding hydrogens is 394 g/mol. The van der Waals surface area contributed by atoms with Crippen molar-refractivity contribution in [2.45, 2.75) is 6.61 Å². The third-order valence-electron chi connectivity index (χ3n) is 3.85. The lowest BCUT2D eigenvalue weighted by Crippen LogP contribution is -2.07. The Bertz CT molecular complexity index is 1110. The number of benzene rings is 2. The highest BCUT2D eigenvalue weighted by Crippen LogP contribution is 2.26. The number of hydrogen-bond donors (Lipinski definition) is 0. The van der Waals surface area contributed by atoms with Gasteiger partial charge in [-0.3, -0.25) is 4.98 Å². The molecular formula is C21H14ClN3O4. The first-order valence-corrected chi connectivity index (χ1v) is 8.99. The molecule has 0 radical (unpaired) electrons. The Kier molecular flexibility index (Phi) is 5.49. The van der Waals surface area contributed by atoms with Crippen LogP contribution in [0.4, 0.5) is 0 Å². The van der Waals surface area contributed by atoms with E-state index in [4.69, 9.17) is 25.5 Å². The van der Waals surface area contributed by atoms with Crippen molar-refractivity contribution >= 4 is 17.6 Å². The second-order valence-corrected chi connectivity index (χ2v) is 6.31. The standard InChI is InChI=1S/C21H14ClN3O4/c22-15-9-7-14(8-10-15)20-25-24-19(29-20)13-27-21(26)17-5-1-2-6-18(17)28-16-4-3-11-23-12-16/h1-12H,13H2. The summed E-state index contributed by atoms with van der Waals surface area (Å²) in [4.78, 5) is 16.5. The Hall–Kier alpha value is -3.71. The third kappa shape index (κ3) is 4.59. The third-order valence-corrected chi connectivity index (χ3v) is 4.11. The molecule has 0 aliphatic rings.